The summed E-state index contributed by atoms with van der Waals surface area (Å²) < 4.78 is 0.979. The molecule has 1 nitrogen and oxygen atoms in total. The third kappa shape index (κ3) is 3.20. The molecule has 0 unspecified atom stereocenters. The first-order chi connectivity index (χ1) is 7.25. The summed E-state index contributed by atoms with van der Waals surface area (Å²) >= 11 is 9.36. The molecule has 1 aliphatic carbocycles. The van der Waals surface area contributed by atoms with Crippen LogP contribution < -0.4 is 5.32 Å². The third-order valence-corrected chi connectivity index (χ3v) is 4.18. The molecule has 0 aromatic heterocycles. The van der Waals surface area contributed by atoms with Gasteiger partial charge in [0.15, 0.2) is 0 Å². The Labute approximate surface area is 104 Å². The van der Waals surface area contributed by atoms with Gasteiger partial charge in [-0.1, -0.05) is 24.1 Å². The highest BCUT2D eigenvalue weighted by atomic mass is 79.9. The maximum atomic E-state index is 5.93. The van der Waals surface area contributed by atoms with E-state index in [1.54, 1.807) is 0 Å². The van der Waals surface area contributed by atoms with E-state index in [0.717, 1.165) is 28.5 Å². The van der Waals surface area contributed by atoms with Crippen molar-refractivity contribution in [3.05, 3.63) is 33.3 Å². The molecular formula is C12H15BrClN. The minimum atomic E-state index is 0.776. The Balaban J connectivity index is 1.79. The van der Waals surface area contributed by atoms with Crippen LogP contribution in [-0.4, -0.2) is 6.54 Å². The number of halogens is 2. The molecule has 1 fully saturated rings. The van der Waals surface area contributed by atoms with Gasteiger partial charge in [-0.25, -0.2) is 0 Å². The first-order valence-electron chi connectivity index (χ1n) is 5.40. The van der Waals surface area contributed by atoms with Crippen molar-refractivity contribution in [2.45, 2.75) is 25.8 Å². The van der Waals surface area contributed by atoms with E-state index in [9.17, 15) is 0 Å². The molecule has 1 aromatic carbocycles. The zero-order valence-electron chi connectivity index (χ0n) is 8.60. The van der Waals surface area contributed by atoms with Crippen molar-refractivity contribution >= 4 is 27.5 Å². The number of hydrogen-bond acceptors (Lipinski definition) is 1. The molecule has 82 valence electrons. The molecule has 0 aliphatic heterocycles. The van der Waals surface area contributed by atoms with Crippen LogP contribution in [0.5, 0.6) is 0 Å². The average Bonchev–Trinajstić information content (AvgIpc) is 2.15. The third-order valence-electron chi connectivity index (χ3n) is 2.97. The van der Waals surface area contributed by atoms with E-state index in [1.165, 1.54) is 24.8 Å². The lowest BCUT2D eigenvalue weighted by Gasteiger charge is -2.25. The molecule has 2 rings (SSSR count). The molecule has 1 N–H and O–H groups in total. The van der Waals surface area contributed by atoms with Crippen LogP contribution in [0.15, 0.2) is 22.7 Å². The van der Waals surface area contributed by atoms with E-state index < -0.39 is 0 Å². The molecule has 15 heavy (non-hydrogen) atoms. The van der Waals surface area contributed by atoms with Gasteiger partial charge in [-0.2, -0.15) is 0 Å². The minimum absolute atomic E-state index is 0.776. The van der Waals surface area contributed by atoms with Crippen LogP contribution in [0.2, 0.25) is 5.02 Å². The first kappa shape index (κ1) is 11.4. The smallest absolute Gasteiger partial charge is 0.0548 e. The SMILES string of the molecule is Clc1ccc(CNCC2CCC2)cc1Br. The fourth-order valence-corrected chi connectivity index (χ4v) is 2.31. The van der Waals surface area contributed by atoms with Crippen LogP contribution in [-0.2, 0) is 6.54 Å². The van der Waals surface area contributed by atoms with Crippen molar-refractivity contribution in [3.8, 4) is 0 Å². The predicted octanol–water partition coefficient (Wildman–Crippen LogP) is 3.99. The van der Waals surface area contributed by atoms with Gasteiger partial charge in [0.25, 0.3) is 0 Å². The molecule has 3 heteroatoms. The van der Waals surface area contributed by atoms with Gasteiger partial charge >= 0.3 is 0 Å². The Bertz CT molecular complexity index is 336. The van der Waals surface area contributed by atoms with Gasteiger partial charge in [-0.3, -0.25) is 0 Å². The van der Waals surface area contributed by atoms with Crippen LogP contribution >= 0.6 is 27.5 Å². The van der Waals surface area contributed by atoms with Crippen LogP contribution in [0.4, 0.5) is 0 Å². The Hall–Kier alpha value is -0.0500. The standard InChI is InChI=1S/C12H15BrClN/c13-11-6-10(4-5-12(11)14)8-15-7-9-2-1-3-9/h4-6,9,15H,1-3,7-8H2. The summed E-state index contributed by atoms with van der Waals surface area (Å²) in [6.45, 7) is 2.09. The number of rotatable bonds is 4. The van der Waals surface area contributed by atoms with E-state index in [0.29, 0.717) is 0 Å². The van der Waals surface area contributed by atoms with E-state index in [1.807, 2.05) is 6.07 Å². The lowest BCUT2D eigenvalue weighted by atomic mass is 9.85. The number of benzene rings is 1. The van der Waals surface area contributed by atoms with Gasteiger partial charge in [0.2, 0.25) is 0 Å². The van der Waals surface area contributed by atoms with Gasteiger partial charge in [-0.15, -0.1) is 0 Å². The Morgan fingerprint density at radius 3 is 2.80 bits per heavy atom. The van der Waals surface area contributed by atoms with Gasteiger partial charge in [-0.05, 0) is 58.9 Å². The fourth-order valence-electron chi connectivity index (χ4n) is 1.77. The lowest BCUT2D eigenvalue weighted by Crippen LogP contribution is -2.26. The second-order valence-corrected chi connectivity index (χ2v) is 5.44. The molecule has 0 saturated heterocycles. The Kier molecular flexibility index (Phi) is 4.06. The Morgan fingerprint density at radius 1 is 1.40 bits per heavy atom. The van der Waals surface area contributed by atoms with Gasteiger partial charge < -0.3 is 5.32 Å². The number of hydrogen-bond donors (Lipinski definition) is 1. The number of nitrogens with one attached hydrogen (secondary N) is 1. The monoisotopic (exact) mass is 287 g/mol. The molecule has 0 atom stereocenters. The van der Waals surface area contributed by atoms with Crippen molar-refractivity contribution in [2.24, 2.45) is 5.92 Å². The molecule has 0 amide bonds. The van der Waals surface area contributed by atoms with E-state index >= 15 is 0 Å². The van der Waals surface area contributed by atoms with Crippen LogP contribution in [0, 0.1) is 5.92 Å². The fraction of sp³-hybridized carbons (Fsp3) is 0.500. The maximum Gasteiger partial charge on any atom is 0.0548 e. The van der Waals surface area contributed by atoms with Gasteiger partial charge in [0.05, 0.1) is 5.02 Å². The summed E-state index contributed by atoms with van der Waals surface area (Å²) in [6.07, 6.45) is 4.22. The summed E-state index contributed by atoms with van der Waals surface area (Å²) in [5, 5.41) is 4.26. The molecular weight excluding hydrogens is 273 g/mol. The first-order valence-corrected chi connectivity index (χ1v) is 6.57. The van der Waals surface area contributed by atoms with Crippen molar-refractivity contribution in [2.75, 3.05) is 6.54 Å². The van der Waals surface area contributed by atoms with Crippen LogP contribution in [0.1, 0.15) is 24.8 Å². The quantitative estimate of drug-likeness (QED) is 0.883. The van der Waals surface area contributed by atoms with Crippen LogP contribution in [0.3, 0.4) is 0 Å². The molecule has 1 aliphatic rings. The summed E-state index contributed by atoms with van der Waals surface area (Å²) in [7, 11) is 0. The molecule has 0 radical (unpaired) electrons. The van der Waals surface area contributed by atoms with Gasteiger partial charge in [0.1, 0.15) is 0 Å². The van der Waals surface area contributed by atoms with E-state index in [2.05, 4.69) is 33.4 Å². The summed E-state index contributed by atoms with van der Waals surface area (Å²) in [4.78, 5) is 0. The highest BCUT2D eigenvalue weighted by molar-refractivity contribution is 9.10. The molecule has 0 bridgehead atoms. The predicted molar refractivity (Wildman–Crippen MR) is 68.2 cm³/mol. The molecule has 0 heterocycles. The largest absolute Gasteiger partial charge is 0.312 e. The lowest BCUT2D eigenvalue weighted by molar-refractivity contribution is 0.301. The summed E-state index contributed by atoms with van der Waals surface area (Å²) in [5.41, 5.74) is 1.28. The van der Waals surface area contributed by atoms with E-state index in [4.69, 9.17) is 11.6 Å². The zero-order chi connectivity index (χ0) is 10.7. The second kappa shape index (κ2) is 5.33. The van der Waals surface area contributed by atoms with Gasteiger partial charge in [0, 0.05) is 11.0 Å². The van der Waals surface area contributed by atoms with Crippen LogP contribution in [0.25, 0.3) is 0 Å². The Morgan fingerprint density at radius 2 is 2.20 bits per heavy atom. The minimum Gasteiger partial charge on any atom is -0.312 e. The van der Waals surface area contributed by atoms with Crippen molar-refractivity contribution in [1.82, 2.24) is 5.32 Å². The van der Waals surface area contributed by atoms with E-state index in [-0.39, 0.29) is 0 Å². The molecule has 1 aromatic rings. The second-order valence-electron chi connectivity index (χ2n) is 4.18. The molecule has 0 spiro atoms. The maximum absolute atomic E-state index is 5.93. The molecule has 1 saturated carbocycles. The average molecular weight is 289 g/mol. The van der Waals surface area contributed by atoms with Crippen molar-refractivity contribution in [1.29, 1.82) is 0 Å². The van der Waals surface area contributed by atoms with Crippen molar-refractivity contribution < 1.29 is 0 Å². The highest BCUT2D eigenvalue weighted by Crippen LogP contribution is 2.26. The topological polar surface area (TPSA) is 12.0 Å². The summed E-state index contributed by atoms with van der Waals surface area (Å²) in [5.74, 6) is 0.917. The zero-order valence-corrected chi connectivity index (χ0v) is 10.9. The van der Waals surface area contributed by atoms with Crippen molar-refractivity contribution in [3.63, 3.8) is 0 Å². The normalized spacial score (nSPS) is 16.4. The highest BCUT2D eigenvalue weighted by Gasteiger charge is 2.16. The summed E-state index contributed by atoms with van der Waals surface area (Å²) in [6, 6.07) is 6.09.